The Morgan fingerprint density at radius 1 is 1.17 bits per heavy atom. The van der Waals surface area contributed by atoms with Gasteiger partial charge in [-0.15, -0.1) is 15.3 Å². The lowest BCUT2D eigenvalue weighted by molar-refractivity contribution is 0.399. The van der Waals surface area contributed by atoms with Gasteiger partial charge in [0.2, 0.25) is 11.6 Å². The Labute approximate surface area is 171 Å². The molecule has 0 aliphatic rings. The third-order valence-corrected chi connectivity index (χ3v) is 4.91. The number of aryl methyl sites for hydroxylation is 2. The molecule has 0 aliphatic carbocycles. The number of hydrogen-bond donors (Lipinski definition) is 0. The van der Waals surface area contributed by atoms with E-state index in [-0.39, 0.29) is 0 Å². The van der Waals surface area contributed by atoms with Crippen molar-refractivity contribution in [3.05, 3.63) is 36.4 Å². The molecule has 0 atom stereocenters. The van der Waals surface area contributed by atoms with E-state index >= 15 is 0 Å². The maximum atomic E-state index is 5.62. The SMILES string of the molecule is CCCCn1cnc(-c2nn3c(-c4cc(C)on4)nnc3c3cccc(OC)c23)n1. The van der Waals surface area contributed by atoms with Gasteiger partial charge in [0, 0.05) is 18.0 Å². The summed E-state index contributed by atoms with van der Waals surface area (Å²) >= 11 is 0. The number of aromatic nitrogens is 8. The summed E-state index contributed by atoms with van der Waals surface area (Å²) in [5.74, 6) is 2.35. The zero-order valence-corrected chi connectivity index (χ0v) is 16.9. The van der Waals surface area contributed by atoms with E-state index in [0.717, 1.165) is 30.2 Å². The number of hydrogen-bond acceptors (Lipinski definition) is 8. The topological polar surface area (TPSA) is 109 Å². The van der Waals surface area contributed by atoms with Crippen LogP contribution in [0.4, 0.5) is 0 Å². The van der Waals surface area contributed by atoms with Crippen LogP contribution in [0.25, 0.3) is 39.5 Å². The molecule has 0 amide bonds. The van der Waals surface area contributed by atoms with Crippen LogP contribution in [-0.4, -0.2) is 46.8 Å². The van der Waals surface area contributed by atoms with Gasteiger partial charge in [0.25, 0.3) is 0 Å². The maximum Gasteiger partial charge on any atom is 0.207 e. The minimum atomic E-state index is 0.484. The smallest absolute Gasteiger partial charge is 0.207 e. The molecule has 0 aliphatic heterocycles. The van der Waals surface area contributed by atoms with Gasteiger partial charge < -0.3 is 9.26 Å². The Kier molecular flexibility index (Phi) is 4.38. The van der Waals surface area contributed by atoms with Gasteiger partial charge in [-0.2, -0.15) is 9.61 Å². The molecular weight excluding hydrogens is 384 g/mol. The fraction of sp³-hybridized carbons (Fsp3) is 0.300. The van der Waals surface area contributed by atoms with Crippen molar-refractivity contribution in [1.29, 1.82) is 0 Å². The van der Waals surface area contributed by atoms with Crippen LogP contribution in [-0.2, 0) is 6.54 Å². The van der Waals surface area contributed by atoms with E-state index in [2.05, 4.69) is 32.4 Å². The predicted octanol–water partition coefficient (Wildman–Crippen LogP) is 3.31. The Balaban J connectivity index is 1.79. The summed E-state index contributed by atoms with van der Waals surface area (Å²) in [5, 5.41) is 23.8. The van der Waals surface area contributed by atoms with Crippen LogP contribution in [0.2, 0.25) is 0 Å². The molecular formula is C20H20N8O2. The molecule has 5 aromatic rings. The molecule has 5 rings (SSSR count). The van der Waals surface area contributed by atoms with Crippen LogP contribution in [0.1, 0.15) is 25.5 Å². The molecule has 0 bridgehead atoms. The van der Waals surface area contributed by atoms with Gasteiger partial charge in [-0.05, 0) is 19.4 Å². The molecule has 0 saturated carbocycles. The van der Waals surface area contributed by atoms with Gasteiger partial charge in [0.05, 0.1) is 12.5 Å². The van der Waals surface area contributed by atoms with E-state index in [1.54, 1.807) is 24.0 Å². The zero-order chi connectivity index (χ0) is 20.7. The Morgan fingerprint density at radius 3 is 2.83 bits per heavy atom. The first kappa shape index (κ1) is 18.2. The Bertz CT molecular complexity index is 1350. The molecule has 152 valence electrons. The first-order chi connectivity index (χ1) is 14.7. The second-order valence-corrected chi connectivity index (χ2v) is 7.00. The molecule has 4 heterocycles. The molecule has 30 heavy (non-hydrogen) atoms. The van der Waals surface area contributed by atoms with E-state index in [1.807, 2.05) is 29.8 Å². The summed E-state index contributed by atoms with van der Waals surface area (Å²) in [7, 11) is 1.63. The Morgan fingerprint density at radius 2 is 2.07 bits per heavy atom. The van der Waals surface area contributed by atoms with Crippen molar-refractivity contribution >= 4 is 16.4 Å². The normalized spacial score (nSPS) is 11.6. The first-order valence-electron chi connectivity index (χ1n) is 9.75. The lowest BCUT2D eigenvalue weighted by atomic mass is 10.1. The van der Waals surface area contributed by atoms with E-state index in [1.165, 1.54) is 0 Å². The average molecular weight is 404 g/mol. The molecule has 0 fully saturated rings. The summed E-state index contributed by atoms with van der Waals surface area (Å²) in [6, 6.07) is 7.55. The number of methoxy groups -OCH3 is 1. The van der Waals surface area contributed by atoms with Crippen molar-refractivity contribution < 1.29 is 9.26 Å². The number of nitrogens with zero attached hydrogens (tertiary/aromatic N) is 8. The lowest BCUT2D eigenvalue weighted by Crippen LogP contribution is -2.03. The summed E-state index contributed by atoms with van der Waals surface area (Å²) in [6.07, 6.45) is 3.84. The molecule has 0 saturated heterocycles. The van der Waals surface area contributed by atoms with Crippen molar-refractivity contribution in [1.82, 2.24) is 39.7 Å². The van der Waals surface area contributed by atoms with Crippen LogP contribution in [0, 0.1) is 6.92 Å². The van der Waals surface area contributed by atoms with Gasteiger partial charge >= 0.3 is 0 Å². The molecule has 0 radical (unpaired) electrons. The van der Waals surface area contributed by atoms with Crippen molar-refractivity contribution in [2.24, 2.45) is 0 Å². The van der Waals surface area contributed by atoms with Gasteiger partial charge in [-0.1, -0.05) is 30.6 Å². The highest BCUT2D eigenvalue weighted by atomic mass is 16.5. The molecule has 10 nitrogen and oxygen atoms in total. The summed E-state index contributed by atoms with van der Waals surface area (Å²) in [4.78, 5) is 4.51. The summed E-state index contributed by atoms with van der Waals surface area (Å²) in [6.45, 7) is 4.77. The van der Waals surface area contributed by atoms with E-state index in [0.29, 0.717) is 40.2 Å². The predicted molar refractivity (Wildman–Crippen MR) is 109 cm³/mol. The van der Waals surface area contributed by atoms with E-state index in [9.17, 15) is 0 Å². The van der Waals surface area contributed by atoms with Gasteiger partial charge in [-0.25, -0.2) is 4.98 Å². The molecule has 1 aromatic carbocycles. The standard InChI is InChI=1S/C20H20N8O2/c1-4-5-9-27-11-21-18(25-27)17-16-13(7-6-8-15(16)29-3)19-22-23-20(28(19)24-17)14-10-12(2)30-26-14/h6-8,10-11H,4-5,9H2,1-3H3. The minimum Gasteiger partial charge on any atom is -0.496 e. The molecule has 0 spiro atoms. The monoisotopic (exact) mass is 404 g/mol. The van der Waals surface area contributed by atoms with Crippen LogP contribution < -0.4 is 4.74 Å². The number of fused-ring (bicyclic) bond motifs is 3. The molecule has 10 heteroatoms. The van der Waals surface area contributed by atoms with E-state index in [4.69, 9.17) is 14.4 Å². The Hall–Kier alpha value is -3.82. The number of ether oxygens (including phenoxy) is 1. The highest BCUT2D eigenvalue weighted by Crippen LogP contribution is 2.35. The average Bonchev–Trinajstić information content (AvgIpc) is 3.50. The quantitative estimate of drug-likeness (QED) is 0.424. The van der Waals surface area contributed by atoms with Crippen LogP contribution in [0.15, 0.2) is 35.1 Å². The maximum absolute atomic E-state index is 5.62. The largest absolute Gasteiger partial charge is 0.496 e. The second-order valence-electron chi connectivity index (χ2n) is 7.00. The van der Waals surface area contributed by atoms with E-state index < -0.39 is 0 Å². The molecule has 0 N–H and O–H groups in total. The number of unbranched alkanes of at least 4 members (excludes halogenated alkanes) is 1. The summed E-state index contributed by atoms with van der Waals surface area (Å²) < 4.78 is 14.3. The van der Waals surface area contributed by atoms with Gasteiger partial charge in [0.15, 0.2) is 11.3 Å². The van der Waals surface area contributed by atoms with Gasteiger partial charge in [-0.3, -0.25) is 4.68 Å². The highest BCUT2D eigenvalue weighted by molar-refractivity contribution is 6.04. The fourth-order valence-electron chi connectivity index (χ4n) is 3.44. The number of rotatable bonds is 6. The fourth-order valence-corrected chi connectivity index (χ4v) is 3.44. The van der Waals surface area contributed by atoms with Crippen LogP contribution in [0.3, 0.4) is 0 Å². The molecule has 0 unspecified atom stereocenters. The van der Waals surface area contributed by atoms with Crippen LogP contribution >= 0.6 is 0 Å². The minimum absolute atomic E-state index is 0.484. The second kappa shape index (κ2) is 7.21. The number of benzene rings is 1. The first-order valence-corrected chi connectivity index (χ1v) is 9.75. The summed E-state index contributed by atoms with van der Waals surface area (Å²) in [5.41, 5.74) is 1.74. The van der Waals surface area contributed by atoms with Crippen LogP contribution in [0.5, 0.6) is 5.75 Å². The van der Waals surface area contributed by atoms with Gasteiger partial charge in [0.1, 0.15) is 23.5 Å². The molecule has 4 aromatic heterocycles. The van der Waals surface area contributed by atoms with Crippen molar-refractivity contribution in [2.75, 3.05) is 7.11 Å². The van der Waals surface area contributed by atoms with Crippen molar-refractivity contribution in [2.45, 2.75) is 33.2 Å². The van der Waals surface area contributed by atoms with Crippen molar-refractivity contribution in [3.63, 3.8) is 0 Å². The lowest BCUT2D eigenvalue weighted by Gasteiger charge is -2.09. The third-order valence-electron chi connectivity index (χ3n) is 4.91. The highest BCUT2D eigenvalue weighted by Gasteiger charge is 2.22. The van der Waals surface area contributed by atoms with Crippen molar-refractivity contribution in [3.8, 4) is 28.8 Å². The third kappa shape index (κ3) is 2.88. The zero-order valence-electron chi connectivity index (χ0n) is 16.9.